The van der Waals surface area contributed by atoms with Gasteiger partial charge in [0.1, 0.15) is 0 Å². The first-order valence-electron chi connectivity index (χ1n) is 8.78. The Morgan fingerprint density at radius 3 is 2.81 bits per heavy atom. The molecule has 2 N–H and O–H groups in total. The number of ether oxygens (including phenoxy) is 1. The van der Waals surface area contributed by atoms with Gasteiger partial charge in [-0.15, -0.1) is 21.5 Å². The normalized spacial score (nSPS) is 17.0. The van der Waals surface area contributed by atoms with Crippen LogP contribution >= 0.6 is 22.9 Å². The average molecular weight is 403 g/mol. The van der Waals surface area contributed by atoms with E-state index < -0.39 is 0 Å². The Kier molecular flexibility index (Phi) is 5.24. The Bertz CT molecular complexity index is 968. The second-order valence-corrected chi connectivity index (χ2v) is 7.88. The van der Waals surface area contributed by atoms with Crippen molar-refractivity contribution in [3.05, 3.63) is 41.0 Å². The summed E-state index contributed by atoms with van der Waals surface area (Å²) >= 11 is 7.53. The van der Waals surface area contributed by atoms with Gasteiger partial charge in [0, 0.05) is 28.9 Å². The van der Waals surface area contributed by atoms with Gasteiger partial charge in [0.25, 0.3) is 5.91 Å². The number of hydrogen-bond donors (Lipinski definition) is 2. The van der Waals surface area contributed by atoms with Crippen molar-refractivity contribution >= 4 is 44.7 Å². The number of carbonyl (C=O) groups excluding carboxylic acids is 1. The zero-order chi connectivity index (χ0) is 18.8. The van der Waals surface area contributed by atoms with E-state index in [1.54, 1.807) is 7.05 Å². The van der Waals surface area contributed by atoms with Crippen LogP contribution in [-0.2, 0) is 4.74 Å². The van der Waals surface area contributed by atoms with Crippen LogP contribution in [0.25, 0.3) is 20.5 Å². The molecule has 0 radical (unpaired) electrons. The fraction of sp³-hybridized carbons (Fsp3) is 0.316. The van der Waals surface area contributed by atoms with Crippen molar-refractivity contribution in [1.82, 2.24) is 15.5 Å². The number of hydrogen-bond acceptors (Lipinski definition) is 6. The molecule has 1 saturated heterocycles. The summed E-state index contributed by atoms with van der Waals surface area (Å²) in [6, 6.07) is 9.90. The Morgan fingerprint density at radius 1 is 1.30 bits per heavy atom. The van der Waals surface area contributed by atoms with Crippen molar-refractivity contribution in [2.45, 2.75) is 18.9 Å². The molecule has 1 aliphatic heterocycles. The second kappa shape index (κ2) is 7.80. The molecule has 8 heteroatoms. The first kappa shape index (κ1) is 18.2. The zero-order valence-electron chi connectivity index (χ0n) is 14.8. The van der Waals surface area contributed by atoms with E-state index in [0.717, 1.165) is 40.0 Å². The third kappa shape index (κ3) is 3.76. The van der Waals surface area contributed by atoms with Crippen LogP contribution in [-0.4, -0.2) is 42.4 Å². The van der Waals surface area contributed by atoms with Gasteiger partial charge in [-0.25, -0.2) is 0 Å². The highest BCUT2D eigenvalue weighted by Crippen LogP contribution is 2.38. The largest absolute Gasteiger partial charge is 0.379 e. The highest BCUT2D eigenvalue weighted by molar-refractivity contribution is 7.22. The number of carbonyl (C=O) groups is 1. The third-order valence-electron chi connectivity index (χ3n) is 4.52. The summed E-state index contributed by atoms with van der Waals surface area (Å²) in [7, 11) is 1.59. The molecular weight excluding hydrogens is 384 g/mol. The molecule has 6 nitrogen and oxygen atoms in total. The lowest BCUT2D eigenvalue weighted by atomic mass is 10.1. The number of rotatable bonds is 4. The fourth-order valence-electron chi connectivity index (χ4n) is 3.12. The molecule has 1 amide bonds. The standard InChI is InChI=1S/C19H19ClN4O2S/c1-21-19(25)16-17-14(9-15(27-17)11-4-6-12(20)7-5-11)18(24-23-16)22-13-3-2-8-26-10-13/h4-7,9,13H,2-3,8,10H2,1H3,(H,21,25)(H,22,24). The summed E-state index contributed by atoms with van der Waals surface area (Å²) in [5, 5.41) is 16.1. The van der Waals surface area contributed by atoms with Crippen LogP contribution in [0, 0.1) is 0 Å². The predicted molar refractivity (Wildman–Crippen MR) is 109 cm³/mol. The summed E-state index contributed by atoms with van der Waals surface area (Å²) < 4.78 is 6.36. The lowest BCUT2D eigenvalue weighted by Crippen LogP contribution is -2.30. The van der Waals surface area contributed by atoms with Gasteiger partial charge in [0.15, 0.2) is 11.5 Å². The van der Waals surface area contributed by atoms with E-state index >= 15 is 0 Å². The van der Waals surface area contributed by atoms with Crippen LogP contribution < -0.4 is 10.6 Å². The maximum Gasteiger partial charge on any atom is 0.273 e. The van der Waals surface area contributed by atoms with Gasteiger partial charge >= 0.3 is 0 Å². The van der Waals surface area contributed by atoms with Gasteiger partial charge in [-0.3, -0.25) is 4.79 Å². The number of anilines is 1. The number of nitrogens with zero attached hydrogens (tertiary/aromatic N) is 2. The van der Waals surface area contributed by atoms with E-state index in [9.17, 15) is 4.79 Å². The quantitative estimate of drug-likeness (QED) is 0.690. The fourth-order valence-corrected chi connectivity index (χ4v) is 4.39. The molecule has 2 aromatic heterocycles. The predicted octanol–water partition coefficient (Wildman–Crippen LogP) is 3.96. The first-order chi connectivity index (χ1) is 13.2. The maximum absolute atomic E-state index is 12.3. The molecule has 3 aromatic rings. The second-order valence-electron chi connectivity index (χ2n) is 6.40. The zero-order valence-corrected chi connectivity index (χ0v) is 16.4. The van der Waals surface area contributed by atoms with Gasteiger partial charge in [-0.05, 0) is 36.6 Å². The molecule has 1 unspecified atom stereocenters. The Balaban J connectivity index is 1.79. The minimum Gasteiger partial charge on any atom is -0.379 e. The number of halogens is 1. The van der Waals surface area contributed by atoms with E-state index in [2.05, 4.69) is 26.9 Å². The number of amides is 1. The van der Waals surface area contributed by atoms with Crippen molar-refractivity contribution in [2.75, 3.05) is 25.6 Å². The van der Waals surface area contributed by atoms with Crippen LogP contribution in [0.3, 0.4) is 0 Å². The minimum absolute atomic E-state index is 0.195. The molecule has 140 valence electrons. The molecule has 1 aliphatic rings. The Labute approximate surface area is 165 Å². The van der Waals surface area contributed by atoms with Gasteiger partial charge in [-0.2, -0.15) is 0 Å². The van der Waals surface area contributed by atoms with Crippen molar-refractivity contribution in [3.63, 3.8) is 0 Å². The lowest BCUT2D eigenvalue weighted by Gasteiger charge is -2.23. The maximum atomic E-state index is 12.3. The number of thiophene rings is 1. The first-order valence-corrected chi connectivity index (χ1v) is 9.97. The Hall–Kier alpha value is -2.22. The monoisotopic (exact) mass is 402 g/mol. The number of fused-ring (bicyclic) bond motifs is 1. The molecule has 1 aromatic carbocycles. The molecule has 0 spiro atoms. The van der Waals surface area contributed by atoms with E-state index in [0.29, 0.717) is 23.1 Å². The highest BCUT2D eigenvalue weighted by atomic mass is 35.5. The van der Waals surface area contributed by atoms with Crippen molar-refractivity contribution in [1.29, 1.82) is 0 Å². The highest BCUT2D eigenvalue weighted by Gasteiger charge is 2.21. The third-order valence-corrected chi connectivity index (χ3v) is 5.97. The van der Waals surface area contributed by atoms with Crippen LogP contribution in [0.4, 0.5) is 5.82 Å². The van der Waals surface area contributed by atoms with E-state index in [1.807, 2.05) is 24.3 Å². The summed E-state index contributed by atoms with van der Waals surface area (Å²) in [4.78, 5) is 13.3. The molecule has 0 aliphatic carbocycles. The van der Waals surface area contributed by atoms with Gasteiger partial charge in [0.2, 0.25) is 0 Å². The van der Waals surface area contributed by atoms with Crippen LogP contribution in [0.1, 0.15) is 23.3 Å². The SMILES string of the molecule is CNC(=O)c1nnc(NC2CCCOC2)c2cc(-c3ccc(Cl)cc3)sc12. The van der Waals surface area contributed by atoms with Crippen molar-refractivity contribution in [3.8, 4) is 10.4 Å². The van der Waals surface area contributed by atoms with E-state index in [4.69, 9.17) is 16.3 Å². The molecule has 0 saturated carbocycles. The molecule has 27 heavy (non-hydrogen) atoms. The topological polar surface area (TPSA) is 76.1 Å². The summed E-state index contributed by atoms with van der Waals surface area (Å²) in [5.41, 5.74) is 1.37. The molecule has 1 atom stereocenters. The Morgan fingerprint density at radius 2 is 2.11 bits per heavy atom. The van der Waals surface area contributed by atoms with Gasteiger partial charge < -0.3 is 15.4 Å². The molecular formula is C19H19ClN4O2S. The van der Waals surface area contributed by atoms with Crippen LogP contribution in [0.2, 0.25) is 5.02 Å². The number of aromatic nitrogens is 2. The van der Waals surface area contributed by atoms with Gasteiger partial charge in [-0.1, -0.05) is 23.7 Å². The van der Waals surface area contributed by atoms with E-state index in [-0.39, 0.29) is 11.9 Å². The smallest absolute Gasteiger partial charge is 0.273 e. The average Bonchev–Trinajstić information content (AvgIpc) is 3.15. The number of benzene rings is 1. The van der Waals surface area contributed by atoms with E-state index in [1.165, 1.54) is 11.3 Å². The van der Waals surface area contributed by atoms with Crippen LogP contribution in [0.5, 0.6) is 0 Å². The van der Waals surface area contributed by atoms with Crippen LogP contribution in [0.15, 0.2) is 30.3 Å². The minimum atomic E-state index is -0.246. The molecule has 3 heterocycles. The number of nitrogens with one attached hydrogen (secondary N) is 2. The lowest BCUT2D eigenvalue weighted by molar-refractivity contribution is 0.0875. The van der Waals surface area contributed by atoms with Crippen molar-refractivity contribution < 1.29 is 9.53 Å². The van der Waals surface area contributed by atoms with Crippen molar-refractivity contribution in [2.24, 2.45) is 0 Å². The summed E-state index contributed by atoms with van der Waals surface area (Å²) in [5.74, 6) is 0.439. The summed E-state index contributed by atoms with van der Waals surface area (Å²) in [6.45, 7) is 1.45. The molecule has 4 rings (SSSR count). The summed E-state index contributed by atoms with van der Waals surface area (Å²) in [6.07, 6.45) is 2.04. The van der Waals surface area contributed by atoms with Gasteiger partial charge in [0.05, 0.1) is 17.3 Å². The molecule has 1 fully saturated rings. The molecule has 0 bridgehead atoms.